The zero-order valence-electron chi connectivity index (χ0n) is 14.5. The van der Waals surface area contributed by atoms with Crippen LogP contribution < -0.4 is 4.90 Å². The number of hydrogen-bond acceptors (Lipinski definition) is 5. The molecule has 0 saturated carbocycles. The van der Waals surface area contributed by atoms with E-state index in [1.54, 1.807) is 73.2 Å². The summed E-state index contributed by atoms with van der Waals surface area (Å²) >= 11 is 3.34. The maximum atomic E-state index is 12.9. The summed E-state index contributed by atoms with van der Waals surface area (Å²) in [6, 6.07) is 14.6. The Morgan fingerprint density at radius 2 is 1.79 bits per heavy atom. The summed E-state index contributed by atoms with van der Waals surface area (Å²) in [7, 11) is 0. The van der Waals surface area contributed by atoms with Crippen LogP contribution in [0, 0.1) is 0 Å². The van der Waals surface area contributed by atoms with E-state index in [0.29, 0.717) is 16.9 Å². The van der Waals surface area contributed by atoms with Crippen LogP contribution in [0.4, 0.5) is 5.82 Å². The van der Waals surface area contributed by atoms with Crippen LogP contribution in [0.1, 0.15) is 17.2 Å². The predicted molar refractivity (Wildman–Crippen MR) is 107 cm³/mol. The number of Topliss-reactive ketones (excluding diaryl/α,β-unsaturated/α-hetero) is 1. The van der Waals surface area contributed by atoms with Crippen LogP contribution in [0.15, 0.2) is 83.2 Å². The zero-order valence-corrected chi connectivity index (χ0v) is 16.1. The highest BCUT2D eigenvalue weighted by Gasteiger charge is 2.47. The number of carbonyl (C=O) groups is 2. The van der Waals surface area contributed by atoms with Gasteiger partial charge in [-0.25, -0.2) is 4.98 Å². The third-order valence-corrected chi connectivity index (χ3v) is 4.99. The fourth-order valence-corrected chi connectivity index (χ4v) is 3.45. The van der Waals surface area contributed by atoms with Gasteiger partial charge in [0.15, 0.2) is 0 Å². The lowest BCUT2D eigenvalue weighted by atomic mass is 9.96. The standard InChI is InChI=1S/C21H14BrN3O3/c22-15-8-6-13(7-9-15)19(26)17-18(14-4-3-10-23-12-14)25(21(28)20(17)27)16-5-1-2-11-24-16/h1-12,18,26H. The molecule has 1 aliphatic heterocycles. The smallest absolute Gasteiger partial charge is 0.301 e. The summed E-state index contributed by atoms with van der Waals surface area (Å²) in [5.74, 6) is -1.42. The number of anilines is 1. The van der Waals surface area contributed by atoms with Crippen LogP contribution in [0.5, 0.6) is 0 Å². The fraction of sp³-hybridized carbons (Fsp3) is 0.0476. The summed E-state index contributed by atoms with van der Waals surface area (Å²) in [6.45, 7) is 0. The average molecular weight is 436 g/mol. The molecule has 3 heterocycles. The van der Waals surface area contributed by atoms with Crippen molar-refractivity contribution < 1.29 is 14.7 Å². The molecule has 1 unspecified atom stereocenters. The second kappa shape index (κ2) is 7.36. The molecule has 28 heavy (non-hydrogen) atoms. The minimum Gasteiger partial charge on any atom is -0.507 e. The number of rotatable bonds is 3. The van der Waals surface area contributed by atoms with Gasteiger partial charge in [0, 0.05) is 28.6 Å². The molecule has 7 heteroatoms. The summed E-state index contributed by atoms with van der Waals surface area (Å²) < 4.78 is 0.835. The van der Waals surface area contributed by atoms with E-state index < -0.39 is 17.7 Å². The molecule has 2 aromatic heterocycles. The molecule has 0 bridgehead atoms. The molecule has 1 aliphatic rings. The van der Waals surface area contributed by atoms with Crippen LogP contribution in [-0.2, 0) is 9.59 Å². The third-order valence-electron chi connectivity index (χ3n) is 4.46. The molecule has 1 N–H and O–H groups in total. The van der Waals surface area contributed by atoms with Gasteiger partial charge >= 0.3 is 5.91 Å². The largest absolute Gasteiger partial charge is 0.507 e. The second-order valence-corrected chi connectivity index (χ2v) is 7.07. The molecule has 1 saturated heterocycles. The van der Waals surface area contributed by atoms with Crippen LogP contribution >= 0.6 is 15.9 Å². The molecule has 1 fully saturated rings. The molecule has 4 rings (SSSR count). The first-order valence-electron chi connectivity index (χ1n) is 8.46. The first-order chi connectivity index (χ1) is 13.6. The van der Waals surface area contributed by atoms with E-state index >= 15 is 0 Å². The van der Waals surface area contributed by atoms with Crippen molar-refractivity contribution >= 4 is 39.2 Å². The van der Waals surface area contributed by atoms with Gasteiger partial charge < -0.3 is 5.11 Å². The Kier molecular flexibility index (Phi) is 4.75. The lowest BCUT2D eigenvalue weighted by Gasteiger charge is -2.24. The number of ketones is 1. The number of halogens is 1. The van der Waals surface area contributed by atoms with Crippen molar-refractivity contribution in [1.29, 1.82) is 0 Å². The number of pyridine rings is 2. The van der Waals surface area contributed by atoms with E-state index in [9.17, 15) is 14.7 Å². The number of carbonyl (C=O) groups excluding carboxylic acids is 2. The number of nitrogens with zero attached hydrogens (tertiary/aromatic N) is 3. The van der Waals surface area contributed by atoms with E-state index in [-0.39, 0.29) is 11.3 Å². The van der Waals surface area contributed by atoms with Crippen LogP contribution in [0.3, 0.4) is 0 Å². The van der Waals surface area contributed by atoms with E-state index in [4.69, 9.17) is 0 Å². The highest BCUT2D eigenvalue weighted by Crippen LogP contribution is 2.41. The highest BCUT2D eigenvalue weighted by molar-refractivity contribution is 9.10. The molecule has 1 amide bonds. The second-order valence-electron chi connectivity index (χ2n) is 6.15. The van der Waals surface area contributed by atoms with E-state index in [1.165, 1.54) is 4.90 Å². The quantitative estimate of drug-likeness (QED) is 0.383. The van der Waals surface area contributed by atoms with E-state index in [2.05, 4.69) is 25.9 Å². The lowest BCUT2D eigenvalue weighted by molar-refractivity contribution is -0.132. The zero-order chi connectivity index (χ0) is 19.7. The molecule has 1 atom stereocenters. The van der Waals surface area contributed by atoms with Crippen molar-refractivity contribution in [3.05, 3.63) is 94.4 Å². The summed E-state index contributed by atoms with van der Waals surface area (Å²) in [5, 5.41) is 10.9. The van der Waals surface area contributed by atoms with E-state index in [0.717, 1.165) is 4.47 Å². The number of benzene rings is 1. The van der Waals surface area contributed by atoms with Gasteiger partial charge in [0.2, 0.25) is 0 Å². The highest BCUT2D eigenvalue weighted by atomic mass is 79.9. The molecule has 6 nitrogen and oxygen atoms in total. The Hall–Kier alpha value is -3.32. The Balaban J connectivity index is 1.94. The monoisotopic (exact) mass is 435 g/mol. The lowest BCUT2D eigenvalue weighted by Crippen LogP contribution is -2.30. The Morgan fingerprint density at radius 1 is 1.00 bits per heavy atom. The van der Waals surface area contributed by atoms with Crippen LogP contribution in [0.25, 0.3) is 5.76 Å². The summed E-state index contributed by atoms with van der Waals surface area (Å²) in [4.78, 5) is 35.4. The van der Waals surface area contributed by atoms with Crippen LogP contribution in [0.2, 0.25) is 0 Å². The van der Waals surface area contributed by atoms with Gasteiger partial charge in [-0.2, -0.15) is 0 Å². The van der Waals surface area contributed by atoms with Gasteiger partial charge in [-0.3, -0.25) is 19.5 Å². The molecule has 0 spiro atoms. The molecule has 0 aliphatic carbocycles. The summed E-state index contributed by atoms with van der Waals surface area (Å²) in [6.07, 6.45) is 4.72. The predicted octanol–water partition coefficient (Wildman–Crippen LogP) is 3.87. The normalized spacial score (nSPS) is 18.5. The number of aliphatic hydroxyl groups is 1. The first kappa shape index (κ1) is 18.1. The molecular weight excluding hydrogens is 422 g/mol. The van der Waals surface area contributed by atoms with Gasteiger partial charge in [0.1, 0.15) is 11.6 Å². The number of hydrogen-bond donors (Lipinski definition) is 1. The molecule has 138 valence electrons. The Morgan fingerprint density at radius 3 is 2.43 bits per heavy atom. The minimum absolute atomic E-state index is 0.00553. The number of amides is 1. The topological polar surface area (TPSA) is 83.4 Å². The van der Waals surface area contributed by atoms with Gasteiger partial charge in [-0.05, 0) is 35.9 Å². The third kappa shape index (κ3) is 3.10. The van der Waals surface area contributed by atoms with Crippen LogP contribution in [-0.4, -0.2) is 26.8 Å². The van der Waals surface area contributed by atoms with Crippen molar-refractivity contribution in [2.24, 2.45) is 0 Å². The molecular formula is C21H14BrN3O3. The van der Waals surface area contributed by atoms with Gasteiger partial charge in [-0.1, -0.05) is 40.2 Å². The Labute approximate surface area is 169 Å². The number of aliphatic hydroxyl groups excluding tert-OH is 1. The van der Waals surface area contributed by atoms with Crippen molar-refractivity contribution in [1.82, 2.24) is 9.97 Å². The average Bonchev–Trinajstić information content (AvgIpc) is 3.00. The van der Waals surface area contributed by atoms with Crippen molar-refractivity contribution in [3.8, 4) is 0 Å². The molecule has 1 aromatic carbocycles. The maximum absolute atomic E-state index is 12.9. The number of aromatic nitrogens is 2. The Bertz CT molecular complexity index is 1070. The van der Waals surface area contributed by atoms with Crippen molar-refractivity contribution in [2.75, 3.05) is 4.90 Å². The first-order valence-corrected chi connectivity index (χ1v) is 9.25. The van der Waals surface area contributed by atoms with E-state index in [1.807, 2.05) is 0 Å². The van der Waals surface area contributed by atoms with Gasteiger partial charge in [0.25, 0.3) is 5.78 Å². The SMILES string of the molecule is O=C1C(=O)N(c2ccccn2)C(c2cccnc2)C1=C(O)c1ccc(Br)cc1. The maximum Gasteiger partial charge on any atom is 0.301 e. The molecule has 3 aromatic rings. The molecule has 0 radical (unpaired) electrons. The summed E-state index contributed by atoms with van der Waals surface area (Å²) in [5.41, 5.74) is 1.05. The van der Waals surface area contributed by atoms with Gasteiger partial charge in [-0.15, -0.1) is 0 Å². The van der Waals surface area contributed by atoms with Crippen molar-refractivity contribution in [2.45, 2.75) is 6.04 Å². The minimum atomic E-state index is -0.827. The van der Waals surface area contributed by atoms with Gasteiger partial charge in [0.05, 0.1) is 11.6 Å². The van der Waals surface area contributed by atoms with Crippen molar-refractivity contribution in [3.63, 3.8) is 0 Å². The fourth-order valence-electron chi connectivity index (χ4n) is 3.18.